The monoisotopic (exact) mass is 576 g/mol. The number of rotatable bonds is 26. The van der Waals surface area contributed by atoms with Gasteiger partial charge in [-0.3, -0.25) is 4.79 Å². The van der Waals surface area contributed by atoms with Gasteiger partial charge in [0.2, 0.25) is 0 Å². The molecule has 1 aliphatic carbocycles. The fourth-order valence-corrected chi connectivity index (χ4v) is 5.65. The van der Waals surface area contributed by atoms with Crippen molar-refractivity contribution >= 4 is 5.97 Å². The minimum Gasteiger partial charge on any atom is -0.466 e. The average Bonchev–Trinajstić information content (AvgIpc) is 3.23. The Bertz CT molecular complexity index is 700. The maximum atomic E-state index is 12.0. The van der Waals surface area contributed by atoms with Crippen molar-refractivity contribution in [3.8, 4) is 0 Å². The Morgan fingerprint density at radius 3 is 2.05 bits per heavy atom. The van der Waals surface area contributed by atoms with E-state index in [4.69, 9.17) is 4.74 Å². The van der Waals surface area contributed by atoms with Crippen LogP contribution in [0.5, 0.6) is 0 Å². The Kier molecular flexibility index (Phi) is 24.0. The predicted molar refractivity (Wildman–Crippen MR) is 172 cm³/mol. The zero-order valence-electron chi connectivity index (χ0n) is 26.6. The summed E-state index contributed by atoms with van der Waals surface area (Å²) < 4.78 is 5.39. The largest absolute Gasteiger partial charge is 0.466 e. The average molecular weight is 577 g/mol. The van der Waals surface area contributed by atoms with Gasteiger partial charge in [-0.15, -0.1) is 0 Å². The van der Waals surface area contributed by atoms with Crippen molar-refractivity contribution in [3.05, 3.63) is 36.5 Å². The molecule has 0 heterocycles. The lowest BCUT2D eigenvalue weighted by Crippen LogP contribution is -2.20. The van der Waals surface area contributed by atoms with Crippen LogP contribution in [-0.2, 0) is 9.53 Å². The Labute approximate surface area is 252 Å². The SMILES string of the molecule is CCCCCC/C=C\CCCCCCCCOC(=O)CCC/C=C\C[C@@H]1[C@@H](/C=C/[C@@H](O)CCCCC)[C@H](O)C[C@@H]1O. The number of esters is 1. The summed E-state index contributed by atoms with van der Waals surface area (Å²) in [5.74, 6) is -0.304. The Morgan fingerprint density at radius 1 is 0.756 bits per heavy atom. The van der Waals surface area contributed by atoms with Gasteiger partial charge < -0.3 is 20.1 Å². The summed E-state index contributed by atoms with van der Waals surface area (Å²) in [6, 6.07) is 0. The van der Waals surface area contributed by atoms with Crippen LogP contribution in [0.3, 0.4) is 0 Å². The fourth-order valence-electron chi connectivity index (χ4n) is 5.65. The molecular formula is C36H64O5. The van der Waals surface area contributed by atoms with Crippen molar-refractivity contribution in [3.63, 3.8) is 0 Å². The van der Waals surface area contributed by atoms with E-state index in [0.717, 1.165) is 51.4 Å². The molecule has 0 bridgehead atoms. The van der Waals surface area contributed by atoms with Gasteiger partial charge in [-0.05, 0) is 63.7 Å². The number of hydrogen-bond donors (Lipinski definition) is 3. The molecule has 5 nitrogen and oxygen atoms in total. The van der Waals surface area contributed by atoms with E-state index < -0.39 is 18.3 Å². The van der Waals surface area contributed by atoms with E-state index in [9.17, 15) is 20.1 Å². The van der Waals surface area contributed by atoms with E-state index in [-0.39, 0.29) is 17.8 Å². The molecule has 0 aromatic rings. The van der Waals surface area contributed by atoms with E-state index in [2.05, 4.69) is 38.2 Å². The van der Waals surface area contributed by atoms with Crippen molar-refractivity contribution in [1.82, 2.24) is 0 Å². The van der Waals surface area contributed by atoms with Crippen molar-refractivity contribution in [2.24, 2.45) is 11.8 Å². The van der Waals surface area contributed by atoms with Crippen LogP contribution in [0.2, 0.25) is 0 Å². The van der Waals surface area contributed by atoms with Crippen LogP contribution >= 0.6 is 0 Å². The molecule has 0 aliphatic heterocycles. The van der Waals surface area contributed by atoms with Crippen molar-refractivity contribution in [2.75, 3.05) is 6.61 Å². The highest BCUT2D eigenvalue weighted by Crippen LogP contribution is 2.36. The summed E-state index contributed by atoms with van der Waals surface area (Å²) >= 11 is 0. The van der Waals surface area contributed by atoms with Gasteiger partial charge in [0, 0.05) is 18.8 Å². The third kappa shape index (κ3) is 20.2. The quantitative estimate of drug-likeness (QED) is 0.0544. The second-order valence-corrected chi connectivity index (χ2v) is 12.1. The predicted octanol–water partition coefficient (Wildman–Crippen LogP) is 8.76. The molecule has 0 saturated heterocycles. The van der Waals surface area contributed by atoms with Crippen LogP contribution in [0.25, 0.3) is 0 Å². The molecule has 1 rings (SSSR count). The summed E-state index contributed by atoms with van der Waals surface area (Å²) in [7, 11) is 0. The van der Waals surface area contributed by atoms with Gasteiger partial charge in [0.15, 0.2) is 0 Å². The molecule has 0 aromatic carbocycles. The van der Waals surface area contributed by atoms with E-state index in [1.54, 1.807) is 6.08 Å². The van der Waals surface area contributed by atoms with Crippen LogP contribution in [0.1, 0.15) is 149 Å². The van der Waals surface area contributed by atoms with Crippen molar-refractivity contribution in [1.29, 1.82) is 0 Å². The van der Waals surface area contributed by atoms with Crippen LogP contribution in [0.15, 0.2) is 36.5 Å². The summed E-state index contributed by atoms with van der Waals surface area (Å²) in [6.45, 7) is 4.92. The van der Waals surface area contributed by atoms with Crippen LogP contribution in [-0.4, -0.2) is 46.2 Å². The molecule has 0 spiro atoms. The lowest BCUT2D eigenvalue weighted by molar-refractivity contribution is -0.143. The zero-order chi connectivity index (χ0) is 30.0. The number of allylic oxidation sites excluding steroid dienone is 4. The normalized spacial score (nSPS) is 22.0. The maximum absolute atomic E-state index is 12.0. The van der Waals surface area contributed by atoms with Gasteiger partial charge in [0.25, 0.3) is 0 Å². The standard InChI is InChI=1S/C36H64O5/c1-3-5-7-8-9-10-11-12-13-14-15-16-19-23-29-41-36(40)26-22-18-17-21-25-32-33(35(39)30-34(32)38)28-27-31(37)24-20-6-4-2/h10-11,17,21,27-28,31-35,37-39H,3-9,12-16,18-20,22-26,29-30H2,1-2H3/b11-10-,21-17-,28-27+/t31-,32+,33+,34-,35+/m0/s1. The fraction of sp³-hybridized carbons (Fsp3) is 0.806. The summed E-state index contributed by atoms with van der Waals surface area (Å²) in [5, 5.41) is 31.0. The molecule has 3 N–H and O–H groups in total. The number of carbonyl (C=O) groups is 1. The van der Waals surface area contributed by atoms with Crippen LogP contribution in [0.4, 0.5) is 0 Å². The summed E-state index contributed by atoms with van der Waals surface area (Å²) in [6.07, 6.45) is 32.8. The lowest BCUT2D eigenvalue weighted by Gasteiger charge is -2.19. The van der Waals surface area contributed by atoms with Crippen molar-refractivity contribution in [2.45, 2.75) is 167 Å². The minimum absolute atomic E-state index is 0.0488. The van der Waals surface area contributed by atoms with Crippen LogP contribution in [0, 0.1) is 11.8 Å². The maximum Gasteiger partial charge on any atom is 0.305 e. The first-order valence-electron chi connectivity index (χ1n) is 17.2. The number of aliphatic hydroxyl groups excluding tert-OH is 3. The van der Waals surface area contributed by atoms with Crippen LogP contribution < -0.4 is 0 Å². The highest BCUT2D eigenvalue weighted by atomic mass is 16.5. The van der Waals surface area contributed by atoms with Gasteiger partial charge in [-0.25, -0.2) is 0 Å². The molecule has 0 radical (unpaired) electrons. The van der Waals surface area contributed by atoms with Gasteiger partial charge in [-0.2, -0.15) is 0 Å². The van der Waals surface area contributed by atoms with E-state index in [1.165, 1.54) is 64.2 Å². The van der Waals surface area contributed by atoms with Gasteiger partial charge in [0.05, 0.1) is 24.9 Å². The second kappa shape index (κ2) is 26.2. The van der Waals surface area contributed by atoms with Gasteiger partial charge in [0.1, 0.15) is 0 Å². The molecule has 0 unspecified atom stereocenters. The third-order valence-electron chi connectivity index (χ3n) is 8.32. The van der Waals surface area contributed by atoms with Gasteiger partial charge >= 0.3 is 5.97 Å². The Morgan fingerprint density at radius 2 is 1.34 bits per heavy atom. The molecule has 238 valence electrons. The molecule has 41 heavy (non-hydrogen) atoms. The Balaban J connectivity index is 2.05. The Hall–Kier alpha value is -1.43. The number of hydrogen-bond acceptors (Lipinski definition) is 5. The lowest BCUT2D eigenvalue weighted by atomic mass is 9.89. The summed E-state index contributed by atoms with van der Waals surface area (Å²) in [5.41, 5.74) is 0. The molecule has 1 saturated carbocycles. The number of ether oxygens (including phenoxy) is 1. The highest BCUT2D eigenvalue weighted by molar-refractivity contribution is 5.69. The molecule has 5 atom stereocenters. The third-order valence-corrected chi connectivity index (χ3v) is 8.32. The van der Waals surface area contributed by atoms with E-state index in [0.29, 0.717) is 25.9 Å². The first kappa shape index (κ1) is 37.6. The molecular weight excluding hydrogens is 512 g/mol. The summed E-state index contributed by atoms with van der Waals surface area (Å²) in [4.78, 5) is 12.0. The molecule has 1 fully saturated rings. The van der Waals surface area contributed by atoms with Gasteiger partial charge in [-0.1, -0.05) is 115 Å². The first-order valence-corrected chi connectivity index (χ1v) is 17.2. The highest BCUT2D eigenvalue weighted by Gasteiger charge is 2.39. The van der Waals surface area contributed by atoms with Crippen molar-refractivity contribution < 1.29 is 24.9 Å². The second-order valence-electron chi connectivity index (χ2n) is 12.1. The topological polar surface area (TPSA) is 87.0 Å². The molecule has 1 aliphatic rings. The molecule has 0 amide bonds. The number of aliphatic hydroxyl groups is 3. The van der Waals surface area contributed by atoms with E-state index in [1.807, 2.05) is 6.08 Å². The number of unbranched alkanes of at least 4 members (excludes halogenated alkanes) is 13. The zero-order valence-corrected chi connectivity index (χ0v) is 26.6. The minimum atomic E-state index is -0.575. The molecule has 0 aromatic heterocycles. The number of carbonyl (C=O) groups excluding carboxylic acids is 1. The molecule has 5 heteroatoms. The van der Waals surface area contributed by atoms with E-state index >= 15 is 0 Å². The smallest absolute Gasteiger partial charge is 0.305 e. The first-order chi connectivity index (χ1) is 20.0.